The second-order valence-corrected chi connectivity index (χ2v) is 9.84. The second kappa shape index (κ2) is 12.4. The molecule has 3 aromatic rings. The fourth-order valence-corrected chi connectivity index (χ4v) is 3.93. The summed E-state index contributed by atoms with van der Waals surface area (Å²) in [4.78, 5) is 23.4. The summed E-state index contributed by atoms with van der Waals surface area (Å²) in [5.41, 5.74) is 1.85. The van der Waals surface area contributed by atoms with Crippen LogP contribution in [0.15, 0.2) is 60.7 Å². The Labute approximate surface area is 222 Å². The smallest absolute Gasteiger partial charge is 0.408 e. The van der Waals surface area contributed by atoms with Crippen molar-refractivity contribution >= 4 is 12.1 Å². The Hall–Kier alpha value is -4.07. The van der Waals surface area contributed by atoms with E-state index in [1.807, 2.05) is 6.92 Å². The molecule has 3 aromatic carbocycles. The normalized spacial score (nSPS) is 11.9. The highest BCUT2D eigenvalue weighted by Gasteiger charge is 2.21. The summed E-state index contributed by atoms with van der Waals surface area (Å²) in [5.74, 6) is -0.406. The van der Waals surface area contributed by atoms with Crippen LogP contribution in [0.2, 0.25) is 0 Å². The van der Waals surface area contributed by atoms with E-state index in [9.17, 15) is 14.7 Å². The maximum Gasteiger partial charge on any atom is 0.408 e. The summed E-state index contributed by atoms with van der Waals surface area (Å²) >= 11 is 0. The zero-order valence-electron chi connectivity index (χ0n) is 22.3. The number of para-hydroxylation sites is 1. The van der Waals surface area contributed by atoms with E-state index >= 15 is 4.39 Å². The van der Waals surface area contributed by atoms with Gasteiger partial charge in [-0.05, 0) is 70.0 Å². The fourth-order valence-electron chi connectivity index (χ4n) is 3.93. The number of halogens is 1. The maximum absolute atomic E-state index is 15.8. The van der Waals surface area contributed by atoms with Crippen LogP contribution >= 0.6 is 0 Å². The lowest BCUT2D eigenvalue weighted by molar-refractivity contribution is -0.136. The van der Waals surface area contributed by atoms with Crippen molar-refractivity contribution in [3.8, 4) is 22.6 Å². The van der Waals surface area contributed by atoms with Crippen molar-refractivity contribution in [2.75, 3.05) is 6.61 Å². The van der Waals surface area contributed by atoms with Crippen LogP contribution in [0.5, 0.6) is 11.5 Å². The molecule has 0 saturated carbocycles. The van der Waals surface area contributed by atoms with Gasteiger partial charge < -0.3 is 24.6 Å². The standard InChI is InChI=1S/C30H34FNO6/c1-6-36-23-15-20(18-37-26-13-8-7-10-21(26)17-27(33)34)14-22(16-23)25-12-9-11-24(28(25)31)19(2)32-29(35)38-30(3,4)5/h7-16,19H,6,17-18H2,1-5H3,(H,32,35)(H,33,34). The third kappa shape index (κ3) is 7.96. The molecule has 0 bridgehead atoms. The third-order valence-corrected chi connectivity index (χ3v) is 5.53. The van der Waals surface area contributed by atoms with Gasteiger partial charge in [0, 0.05) is 16.7 Å². The van der Waals surface area contributed by atoms with Crippen molar-refractivity contribution in [3.63, 3.8) is 0 Å². The van der Waals surface area contributed by atoms with Crippen LogP contribution in [0.25, 0.3) is 11.1 Å². The van der Waals surface area contributed by atoms with Gasteiger partial charge in [0.05, 0.1) is 19.1 Å². The lowest BCUT2D eigenvalue weighted by Crippen LogP contribution is -2.34. The lowest BCUT2D eigenvalue weighted by Gasteiger charge is -2.22. The number of carboxylic acids is 1. The summed E-state index contributed by atoms with van der Waals surface area (Å²) in [6, 6.07) is 16.7. The molecule has 7 nitrogen and oxygen atoms in total. The van der Waals surface area contributed by atoms with E-state index in [4.69, 9.17) is 14.2 Å². The SMILES string of the molecule is CCOc1cc(COc2ccccc2CC(=O)O)cc(-c2cccc(C(C)NC(=O)OC(C)(C)C)c2F)c1. The van der Waals surface area contributed by atoms with Crippen molar-refractivity contribution in [1.82, 2.24) is 5.32 Å². The zero-order valence-corrected chi connectivity index (χ0v) is 22.3. The number of hydrogen-bond donors (Lipinski definition) is 2. The summed E-state index contributed by atoms with van der Waals surface area (Å²) in [6.45, 7) is 9.38. The number of carbonyl (C=O) groups is 2. The molecule has 38 heavy (non-hydrogen) atoms. The van der Waals surface area contributed by atoms with Gasteiger partial charge in [-0.2, -0.15) is 0 Å². The molecule has 1 atom stereocenters. The highest BCUT2D eigenvalue weighted by atomic mass is 19.1. The predicted molar refractivity (Wildman–Crippen MR) is 143 cm³/mol. The number of alkyl carbamates (subject to hydrolysis) is 1. The minimum atomic E-state index is -0.951. The first-order chi connectivity index (χ1) is 18.0. The van der Waals surface area contributed by atoms with Crippen molar-refractivity contribution < 1.29 is 33.3 Å². The minimum absolute atomic E-state index is 0.127. The van der Waals surface area contributed by atoms with Gasteiger partial charge in [0.15, 0.2) is 0 Å². The highest BCUT2D eigenvalue weighted by molar-refractivity contribution is 5.71. The molecule has 0 fully saturated rings. The van der Waals surface area contributed by atoms with Crippen LogP contribution < -0.4 is 14.8 Å². The number of nitrogens with one attached hydrogen (secondary N) is 1. The van der Waals surface area contributed by atoms with E-state index in [0.717, 1.165) is 5.56 Å². The highest BCUT2D eigenvalue weighted by Crippen LogP contribution is 2.32. The lowest BCUT2D eigenvalue weighted by atomic mass is 9.97. The number of benzene rings is 3. The molecular formula is C30H34FNO6. The molecule has 1 unspecified atom stereocenters. The molecule has 0 radical (unpaired) electrons. The largest absolute Gasteiger partial charge is 0.494 e. The molecule has 0 saturated heterocycles. The quantitative estimate of drug-likeness (QED) is 0.308. The van der Waals surface area contributed by atoms with E-state index < -0.39 is 29.5 Å². The topological polar surface area (TPSA) is 94.1 Å². The van der Waals surface area contributed by atoms with Crippen LogP contribution in [0, 0.1) is 5.82 Å². The number of carbonyl (C=O) groups excluding carboxylic acids is 1. The number of amides is 1. The van der Waals surface area contributed by atoms with Crippen LogP contribution in [0.1, 0.15) is 57.4 Å². The van der Waals surface area contributed by atoms with Gasteiger partial charge in [-0.15, -0.1) is 0 Å². The van der Waals surface area contributed by atoms with E-state index in [-0.39, 0.29) is 13.0 Å². The first-order valence-corrected chi connectivity index (χ1v) is 12.4. The van der Waals surface area contributed by atoms with Gasteiger partial charge in [0.1, 0.15) is 29.5 Å². The average Bonchev–Trinajstić information content (AvgIpc) is 2.82. The zero-order chi connectivity index (χ0) is 27.9. The van der Waals surface area contributed by atoms with Crippen molar-refractivity contribution in [2.24, 2.45) is 0 Å². The maximum atomic E-state index is 15.8. The minimum Gasteiger partial charge on any atom is -0.494 e. The molecule has 0 aliphatic heterocycles. The molecule has 8 heteroatoms. The Morgan fingerprint density at radius 2 is 1.76 bits per heavy atom. The molecular weight excluding hydrogens is 489 g/mol. The van der Waals surface area contributed by atoms with Crippen LogP contribution in [-0.4, -0.2) is 29.4 Å². The molecule has 0 spiro atoms. The first-order valence-electron chi connectivity index (χ1n) is 12.4. The second-order valence-electron chi connectivity index (χ2n) is 9.84. The average molecular weight is 524 g/mol. The summed E-state index contributed by atoms with van der Waals surface area (Å²) in [5, 5.41) is 11.9. The Morgan fingerprint density at radius 3 is 2.45 bits per heavy atom. The molecule has 0 aromatic heterocycles. The Balaban J connectivity index is 1.89. The summed E-state index contributed by atoms with van der Waals surface area (Å²) < 4.78 is 32.7. The Bertz CT molecular complexity index is 1280. The van der Waals surface area contributed by atoms with E-state index in [1.165, 1.54) is 0 Å². The molecule has 1 amide bonds. The first kappa shape index (κ1) is 28.5. The number of carboxylic acid groups (broad SMARTS) is 1. The van der Waals surface area contributed by atoms with Gasteiger partial charge in [0.25, 0.3) is 0 Å². The molecule has 0 aliphatic rings. The summed E-state index contributed by atoms with van der Waals surface area (Å²) in [7, 11) is 0. The fraction of sp³-hybridized carbons (Fsp3) is 0.333. The molecule has 3 rings (SSSR count). The number of aliphatic carboxylic acids is 1. The molecule has 0 aliphatic carbocycles. The van der Waals surface area contributed by atoms with E-state index in [1.54, 1.807) is 88.4 Å². The predicted octanol–water partition coefficient (Wildman–Crippen LogP) is 6.68. The van der Waals surface area contributed by atoms with Crippen molar-refractivity contribution in [2.45, 2.75) is 59.3 Å². The third-order valence-electron chi connectivity index (χ3n) is 5.53. The monoisotopic (exact) mass is 523 g/mol. The van der Waals surface area contributed by atoms with E-state index in [0.29, 0.717) is 40.4 Å². The Kier molecular flexibility index (Phi) is 9.34. The van der Waals surface area contributed by atoms with Gasteiger partial charge in [-0.25, -0.2) is 9.18 Å². The Morgan fingerprint density at radius 1 is 1.03 bits per heavy atom. The molecule has 202 valence electrons. The van der Waals surface area contributed by atoms with Gasteiger partial charge in [-0.1, -0.05) is 36.4 Å². The van der Waals surface area contributed by atoms with Crippen LogP contribution in [0.4, 0.5) is 9.18 Å². The van der Waals surface area contributed by atoms with Crippen molar-refractivity contribution in [1.29, 1.82) is 0 Å². The van der Waals surface area contributed by atoms with Gasteiger partial charge in [0.2, 0.25) is 0 Å². The van der Waals surface area contributed by atoms with Crippen LogP contribution in [-0.2, 0) is 22.6 Å². The molecule has 2 N–H and O–H groups in total. The van der Waals surface area contributed by atoms with Gasteiger partial charge in [-0.3, -0.25) is 4.79 Å². The molecule has 0 heterocycles. The number of hydrogen-bond acceptors (Lipinski definition) is 5. The van der Waals surface area contributed by atoms with Crippen molar-refractivity contribution in [3.05, 3.63) is 83.2 Å². The van der Waals surface area contributed by atoms with Gasteiger partial charge >= 0.3 is 12.1 Å². The number of rotatable bonds is 10. The summed E-state index contributed by atoms with van der Waals surface area (Å²) in [6.07, 6.45) is -0.788. The number of ether oxygens (including phenoxy) is 3. The van der Waals surface area contributed by atoms with Crippen LogP contribution in [0.3, 0.4) is 0 Å². The van der Waals surface area contributed by atoms with E-state index in [2.05, 4.69) is 5.32 Å².